The van der Waals surface area contributed by atoms with Gasteiger partial charge in [-0.15, -0.1) is 0 Å². The molecule has 0 unspecified atom stereocenters. The average molecular weight is 239 g/mol. The standard InChI is InChI=1S/C11H8Cl2N2/c12-7-4-5-9(13)8(6-7)10-2-1-3-11(14)15-10/h1-6H,(H2,14,15). The van der Waals surface area contributed by atoms with Crippen LogP contribution in [0.1, 0.15) is 0 Å². The molecule has 1 aromatic carbocycles. The third-order valence-corrected chi connectivity index (χ3v) is 2.54. The predicted octanol–water partition coefficient (Wildman–Crippen LogP) is 3.64. The van der Waals surface area contributed by atoms with Crippen LogP contribution >= 0.6 is 23.2 Å². The first kappa shape index (κ1) is 10.3. The van der Waals surface area contributed by atoms with Gasteiger partial charge in [-0.25, -0.2) is 4.98 Å². The van der Waals surface area contributed by atoms with Crippen LogP contribution in [0.3, 0.4) is 0 Å². The first-order chi connectivity index (χ1) is 7.16. The molecule has 15 heavy (non-hydrogen) atoms. The fourth-order valence-corrected chi connectivity index (χ4v) is 1.68. The van der Waals surface area contributed by atoms with Crippen LogP contribution in [0, 0.1) is 0 Å². The summed E-state index contributed by atoms with van der Waals surface area (Å²) in [5.74, 6) is 0.462. The highest BCUT2D eigenvalue weighted by molar-refractivity contribution is 6.35. The Hall–Kier alpha value is -1.25. The molecule has 0 bridgehead atoms. The largest absolute Gasteiger partial charge is 0.384 e. The molecule has 0 radical (unpaired) electrons. The van der Waals surface area contributed by atoms with Crippen LogP contribution in [0.2, 0.25) is 10.0 Å². The lowest BCUT2D eigenvalue weighted by Crippen LogP contribution is -1.91. The van der Waals surface area contributed by atoms with E-state index in [1.807, 2.05) is 12.1 Å². The van der Waals surface area contributed by atoms with Crippen LogP contribution in [0.5, 0.6) is 0 Å². The van der Waals surface area contributed by atoms with Crippen LogP contribution in [0.4, 0.5) is 5.82 Å². The van der Waals surface area contributed by atoms with Gasteiger partial charge in [0.05, 0.1) is 10.7 Å². The summed E-state index contributed by atoms with van der Waals surface area (Å²) in [6.07, 6.45) is 0. The van der Waals surface area contributed by atoms with Crippen LogP contribution in [-0.2, 0) is 0 Å². The van der Waals surface area contributed by atoms with Crippen LogP contribution in [0.25, 0.3) is 11.3 Å². The Morgan fingerprint density at radius 2 is 1.87 bits per heavy atom. The van der Waals surface area contributed by atoms with Crippen molar-refractivity contribution in [3.63, 3.8) is 0 Å². The number of hydrogen-bond acceptors (Lipinski definition) is 2. The molecule has 2 rings (SSSR count). The Bertz CT molecular complexity index is 498. The minimum absolute atomic E-state index is 0.462. The van der Waals surface area contributed by atoms with Crippen molar-refractivity contribution < 1.29 is 0 Å². The predicted molar refractivity (Wildman–Crippen MR) is 64.1 cm³/mol. The van der Waals surface area contributed by atoms with Crippen molar-refractivity contribution in [2.24, 2.45) is 0 Å². The Labute approximate surface area is 97.7 Å². The van der Waals surface area contributed by atoms with Gasteiger partial charge in [-0.1, -0.05) is 29.3 Å². The number of aromatic nitrogens is 1. The van der Waals surface area contributed by atoms with Gasteiger partial charge in [0, 0.05) is 10.6 Å². The van der Waals surface area contributed by atoms with E-state index in [1.54, 1.807) is 24.3 Å². The highest BCUT2D eigenvalue weighted by Crippen LogP contribution is 2.29. The number of anilines is 1. The number of rotatable bonds is 1. The molecule has 2 nitrogen and oxygen atoms in total. The maximum atomic E-state index is 6.04. The molecular weight excluding hydrogens is 231 g/mol. The lowest BCUT2D eigenvalue weighted by molar-refractivity contribution is 1.33. The number of nitrogens with zero attached hydrogens (tertiary/aromatic N) is 1. The SMILES string of the molecule is Nc1cccc(-c2cc(Cl)ccc2Cl)n1. The van der Waals surface area contributed by atoms with E-state index >= 15 is 0 Å². The molecule has 2 aromatic rings. The van der Waals surface area contributed by atoms with Crippen molar-refractivity contribution in [3.8, 4) is 11.3 Å². The van der Waals surface area contributed by atoms with Crippen molar-refractivity contribution in [2.75, 3.05) is 5.73 Å². The van der Waals surface area contributed by atoms with Crippen LogP contribution < -0.4 is 5.73 Å². The summed E-state index contributed by atoms with van der Waals surface area (Å²) in [5.41, 5.74) is 7.11. The molecule has 4 heteroatoms. The summed E-state index contributed by atoms with van der Waals surface area (Å²) in [6, 6.07) is 10.6. The van der Waals surface area contributed by atoms with Crippen molar-refractivity contribution in [1.29, 1.82) is 0 Å². The molecule has 0 spiro atoms. The molecule has 0 atom stereocenters. The van der Waals surface area contributed by atoms with Gasteiger partial charge in [-0.2, -0.15) is 0 Å². The number of nitrogens with two attached hydrogens (primary N) is 1. The fraction of sp³-hybridized carbons (Fsp3) is 0. The maximum Gasteiger partial charge on any atom is 0.124 e. The number of pyridine rings is 1. The summed E-state index contributed by atoms with van der Waals surface area (Å²) in [4.78, 5) is 4.18. The van der Waals surface area contributed by atoms with Crippen molar-refractivity contribution in [2.45, 2.75) is 0 Å². The summed E-state index contributed by atoms with van der Waals surface area (Å²) < 4.78 is 0. The lowest BCUT2D eigenvalue weighted by atomic mass is 10.1. The van der Waals surface area contributed by atoms with Gasteiger partial charge >= 0.3 is 0 Å². The molecule has 0 aliphatic rings. The van der Waals surface area contributed by atoms with Crippen molar-refractivity contribution in [1.82, 2.24) is 4.98 Å². The summed E-state index contributed by atoms with van der Waals surface area (Å²) in [5, 5.41) is 1.23. The first-order valence-corrected chi connectivity index (χ1v) is 5.10. The highest BCUT2D eigenvalue weighted by atomic mass is 35.5. The summed E-state index contributed by atoms with van der Waals surface area (Å²) in [7, 11) is 0. The Balaban J connectivity index is 2.58. The molecule has 0 amide bonds. The second-order valence-electron chi connectivity index (χ2n) is 3.07. The van der Waals surface area contributed by atoms with Gasteiger partial charge in [-0.3, -0.25) is 0 Å². The smallest absolute Gasteiger partial charge is 0.124 e. The monoisotopic (exact) mass is 238 g/mol. The van der Waals surface area contributed by atoms with E-state index in [-0.39, 0.29) is 0 Å². The van der Waals surface area contributed by atoms with E-state index in [0.29, 0.717) is 15.9 Å². The third-order valence-electron chi connectivity index (χ3n) is 1.97. The Morgan fingerprint density at radius 3 is 2.60 bits per heavy atom. The third kappa shape index (κ3) is 2.22. The fourth-order valence-electron chi connectivity index (χ4n) is 1.30. The van der Waals surface area contributed by atoms with Gasteiger partial charge in [0.2, 0.25) is 0 Å². The maximum absolute atomic E-state index is 6.04. The van der Waals surface area contributed by atoms with Gasteiger partial charge in [-0.05, 0) is 30.3 Å². The number of nitrogen functional groups attached to an aromatic ring is 1. The minimum Gasteiger partial charge on any atom is -0.384 e. The topological polar surface area (TPSA) is 38.9 Å². The van der Waals surface area contributed by atoms with Gasteiger partial charge in [0.15, 0.2) is 0 Å². The van der Waals surface area contributed by atoms with E-state index in [2.05, 4.69) is 4.98 Å². The molecular formula is C11H8Cl2N2. The quantitative estimate of drug-likeness (QED) is 0.825. The molecule has 0 aliphatic heterocycles. The number of benzene rings is 1. The molecule has 0 fully saturated rings. The number of hydrogen-bond donors (Lipinski definition) is 1. The summed E-state index contributed by atoms with van der Waals surface area (Å²) >= 11 is 11.9. The molecule has 0 saturated carbocycles. The highest BCUT2D eigenvalue weighted by Gasteiger charge is 2.05. The first-order valence-electron chi connectivity index (χ1n) is 4.35. The van der Waals surface area contributed by atoms with E-state index < -0.39 is 0 Å². The van der Waals surface area contributed by atoms with E-state index in [1.165, 1.54) is 0 Å². The minimum atomic E-state index is 0.462. The zero-order chi connectivity index (χ0) is 10.8. The zero-order valence-corrected chi connectivity index (χ0v) is 9.26. The molecule has 0 saturated heterocycles. The molecule has 1 heterocycles. The van der Waals surface area contributed by atoms with E-state index in [4.69, 9.17) is 28.9 Å². The molecule has 0 aliphatic carbocycles. The normalized spacial score (nSPS) is 10.3. The van der Waals surface area contributed by atoms with E-state index in [0.717, 1.165) is 11.3 Å². The van der Waals surface area contributed by atoms with Crippen LogP contribution in [-0.4, -0.2) is 4.98 Å². The van der Waals surface area contributed by atoms with Crippen LogP contribution in [0.15, 0.2) is 36.4 Å². The van der Waals surface area contributed by atoms with Gasteiger partial charge in [0.25, 0.3) is 0 Å². The van der Waals surface area contributed by atoms with E-state index in [9.17, 15) is 0 Å². The summed E-state index contributed by atoms with van der Waals surface area (Å²) in [6.45, 7) is 0. The zero-order valence-electron chi connectivity index (χ0n) is 7.74. The lowest BCUT2D eigenvalue weighted by Gasteiger charge is -2.04. The van der Waals surface area contributed by atoms with Crippen molar-refractivity contribution in [3.05, 3.63) is 46.4 Å². The second kappa shape index (κ2) is 4.09. The second-order valence-corrected chi connectivity index (χ2v) is 3.92. The van der Waals surface area contributed by atoms with Crippen molar-refractivity contribution >= 4 is 29.0 Å². The Morgan fingerprint density at radius 1 is 1.07 bits per heavy atom. The Kier molecular flexibility index (Phi) is 2.80. The molecule has 1 aromatic heterocycles. The molecule has 2 N–H and O–H groups in total. The van der Waals surface area contributed by atoms with Gasteiger partial charge in [0.1, 0.15) is 5.82 Å². The average Bonchev–Trinajstić information content (AvgIpc) is 2.22. The number of halogens is 2. The van der Waals surface area contributed by atoms with Gasteiger partial charge < -0.3 is 5.73 Å². The molecule has 76 valence electrons.